The van der Waals surface area contributed by atoms with Gasteiger partial charge in [0.25, 0.3) is 0 Å². The summed E-state index contributed by atoms with van der Waals surface area (Å²) >= 11 is 13.3. The summed E-state index contributed by atoms with van der Waals surface area (Å²) < 4.78 is 4.69. The van der Waals surface area contributed by atoms with Crippen molar-refractivity contribution < 1.29 is 9.53 Å². The summed E-state index contributed by atoms with van der Waals surface area (Å²) in [6.07, 6.45) is 0. The molecule has 2 aromatic carbocycles. The Bertz CT molecular complexity index is 662. The molecule has 6 heteroatoms. The zero-order chi connectivity index (χ0) is 14.7. The first-order valence-electron chi connectivity index (χ1n) is 5.62. The van der Waals surface area contributed by atoms with E-state index in [0.29, 0.717) is 21.3 Å². The van der Waals surface area contributed by atoms with Crippen LogP contribution in [0.5, 0.6) is 0 Å². The fourth-order valence-corrected chi connectivity index (χ4v) is 2.88. The molecule has 2 N–H and O–H groups in total. The van der Waals surface area contributed by atoms with Crippen molar-refractivity contribution in [1.82, 2.24) is 0 Å². The Labute approximate surface area is 131 Å². The average Bonchev–Trinajstić information content (AvgIpc) is 2.44. The maximum atomic E-state index is 11.6. The lowest BCUT2D eigenvalue weighted by atomic mass is 10.2. The Morgan fingerprint density at radius 2 is 1.95 bits per heavy atom. The molecule has 0 saturated heterocycles. The van der Waals surface area contributed by atoms with E-state index in [1.54, 1.807) is 24.3 Å². The van der Waals surface area contributed by atoms with E-state index < -0.39 is 5.97 Å². The Hall–Kier alpha value is -1.36. The maximum Gasteiger partial charge on any atom is 0.339 e. The Morgan fingerprint density at radius 3 is 2.60 bits per heavy atom. The molecule has 2 rings (SSSR count). The van der Waals surface area contributed by atoms with Crippen LogP contribution < -0.4 is 5.73 Å². The fourth-order valence-electron chi connectivity index (χ4n) is 1.59. The number of hydrogen-bond acceptors (Lipinski definition) is 4. The molecule has 0 aliphatic heterocycles. The first-order valence-corrected chi connectivity index (χ1v) is 7.20. The van der Waals surface area contributed by atoms with Crippen molar-refractivity contribution in [3.05, 3.63) is 52.0 Å². The molecule has 0 amide bonds. The lowest BCUT2D eigenvalue weighted by molar-refractivity contribution is 0.0601. The molecule has 0 spiro atoms. The number of halogens is 2. The molecular formula is C14H11Cl2NO2S. The molecule has 0 unspecified atom stereocenters. The van der Waals surface area contributed by atoms with Crippen LogP contribution in [0.2, 0.25) is 10.0 Å². The van der Waals surface area contributed by atoms with E-state index in [0.717, 1.165) is 9.79 Å². The van der Waals surface area contributed by atoms with Gasteiger partial charge in [-0.15, -0.1) is 0 Å². The highest BCUT2D eigenvalue weighted by Gasteiger charge is 2.13. The predicted octanol–water partition coefficient (Wildman–Crippen LogP) is 4.51. The topological polar surface area (TPSA) is 52.3 Å². The highest BCUT2D eigenvalue weighted by molar-refractivity contribution is 7.99. The molecule has 3 nitrogen and oxygen atoms in total. The van der Waals surface area contributed by atoms with Crippen LogP contribution >= 0.6 is 35.0 Å². The van der Waals surface area contributed by atoms with Gasteiger partial charge < -0.3 is 10.5 Å². The number of carbonyl (C=O) groups excluding carboxylic acids is 1. The number of ether oxygens (including phenoxy) is 1. The lowest BCUT2D eigenvalue weighted by Gasteiger charge is -2.09. The molecule has 0 bridgehead atoms. The summed E-state index contributed by atoms with van der Waals surface area (Å²) in [4.78, 5) is 13.2. The van der Waals surface area contributed by atoms with Gasteiger partial charge in [0.15, 0.2) is 0 Å². The lowest BCUT2D eigenvalue weighted by Crippen LogP contribution is -2.06. The van der Waals surface area contributed by atoms with Gasteiger partial charge in [0, 0.05) is 9.79 Å². The average molecular weight is 328 g/mol. The Balaban J connectivity index is 2.34. The van der Waals surface area contributed by atoms with Crippen LogP contribution in [-0.4, -0.2) is 13.1 Å². The predicted molar refractivity (Wildman–Crippen MR) is 82.8 cm³/mol. The van der Waals surface area contributed by atoms with Crippen molar-refractivity contribution in [3.63, 3.8) is 0 Å². The van der Waals surface area contributed by atoms with Gasteiger partial charge in [0.05, 0.1) is 28.4 Å². The largest absolute Gasteiger partial charge is 0.465 e. The van der Waals surface area contributed by atoms with E-state index in [-0.39, 0.29) is 0 Å². The first-order chi connectivity index (χ1) is 9.52. The van der Waals surface area contributed by atoms with Gasteiger partial charge in [0.2, 0.25) is 0 Å². The number of rotatable bonds is 3. The smallest absolute Gasteiger partial charge is 0.339 e. The Kier molecular flexibility index (Phi) is 4.81. The number of nitrogens with two attached hydrogens (primary N) is 1. The summed E-state index contributed by atoms with van der Waals surface area (Å²) in [6.45, 7) is 0. The third kappa shape index (κ3) is 3.20. The molecule has 0 aromatic heterocycles. The van der Waals surface area contributed by atoms with Crippen molar-refractivity contribution in [3.8, 4) is 0 Å². The molecule has 0 heterocycles. The molecule has 0 aliphatic carbocycles. The highest BCUT2D eigenvalue weighted by Crippen LogP contribution is 2.36. The van der Waals surface area contributed by atoms with Gasteiger partial charge in [-0.1, -0.05) is 41.0 Å². The minimum Gasteiger partial charge on any atom is -0.465 e. The Morgan fingerprint density at radius 1 is 1.20 bits per heavy atom. The van der Waals surface area contributed by atoms with Gasteiger partial charge >= 0.3 is 5.97 Å². The van der Waals surface area contributed by atoms with E-state index in [2.05, 4.69) is 0 Å². The maximum absolute atomic E-state index is 11.6. The van der Waals surface area contributed by atoms with Gasteiger partial charge in [-0.3, -0.25) is 0 Å². The second-order valence-electron chi connectivity index (χ2n) is 3.89. The first kappa shape index (κ1) is 15.0. The van der Waals surface area contributed by atoms with Crippen LogP contribution in [0.4, 0.5) is 5.69 Å². The number of hydrogen-bond donors (Lipinski definition) is 1. The van der Waals surface area contributed by atoms with E-state index in [1.165, 1.54) is 18.9 Å². The number of nitrogen functional groups attached to an aromatic ring is 1. The van der Waals surface area contributed by atoms with Crippen molar-refractivity contribution in [2.24, 2.45) is 0 Å². The summed E-state index contributed by atoms with van der Waals surface area (Å²) in [6, 6.07) is 10.5. The molecule has 20 heavy (non-hydrogen) atoms. The van der Waals surface area contributed by atoms with Crippen molar-refractivity contribution in [1.29, 1.82) is 0 Å². The molecule has 0 atom stereocenters. The number of anilines is 1. The van der Waals surface area contributed by atoms with Crippen LogP contribution in [0.15, 0.2) is 46.2 Å². The molecule has 0 fully saturated rings. The number of carbonyl (C=O) groups is 1. The van der Waals surface area contributed by atoms with Crippen molar-refractivity contribution >= 4 is 46.6 Å². The van der Waals surface area contributed by atoms with Crippen LogP contribution in [-0.2, 0) is 4.74 Å². The highest BCUT2D eigenvalue weighted by atomic mass is 35.5. The quantitative estimate of drug-likeness (QED) is 0.665. The third-order valence-corrected chi connectivity index (χ3v) is 4.39. The molecule has 2 aromatic rings. The van der Waals surface area contributed by atoms with Crippen LogP contribution in [0.3, 0.4) is 0 Å². The van der Waals surface area contributed by atoms with Gasteiger partial charge in [0.1, 0.15) is 0 Å². The van der Waals surface area contributed by atoms with E-state index in [4.69, 9.17) is 33.7 Å². The number of esters is 1. The van der Waals surface area contributed by atoms with E-state index >= 15 is 0 Å². The molecule has 104 valence electrons. The van der Waals surface area contributed by atoms with Crippen LogP contribution in [0, 0.1) is 0 Å². The third-order valence-electron chi connectivity index (χ3n) is 2.59. The van der Waals surface area contributed by atoms with Gasteiger partial charge in [-0.05, 0) is 30.3 Å². The number of benzene rings is 2. The van der Waals surface area contributed by atoms with Crippen molar-refractivity contribution in [2.45, 2.75) is 9.79 Å². The minimum atomic E-state index is -0.459. The van der Waals surface area contributed by atoms with Crippen LogP contribution in [0.1, 0.15) is 10.4 Å². The fraction of sp³-hybridized carbons (Fsp3) is 0.0714. The normalized spacial score (nSPS) is 10.3. The summed E-state index contributed by atoms with van der Waals surface area (Å²) in [5, 5.41) is 0.965. The molecule has 0 saturated carbocycles. The van der Waals surface area contributed by atoms with E-state index in [1.807, 2.05) is 12.1 Å². The summed E-state index contributed by atoms with van der Waals surface area (Å²) in [5.74, 6) is -0.459. The molecule has 0 radical (unpaired) electrons. The standard InChI is InChI=1S/C14H11Cl2NO2S/c1-19-14(18)9-3-2-4-12(13(9)17)20-8-5-6-10(15)11(16)7-8/h2-7H,17H2,1H3. The second-order valence-corrected chi connectivity index (χ2v) is 5.82. The summed E-state index contributed by atoms with van der Waals surface area (Å²) in [5.41, 5.74) is 6.72. The zero-order valence-electron chi connectivity index (χ0n) is 10.5. The monoisotopic (exact) mass is 327 g/mol. The van der Waals surface area contributed by atoms with Crippen LogP contribution in [0.25, 0.3) is 0 Å². The molecular weight excluding hydrogens is 317 g/mol. The summed E-state index contributed by atoms with van der Waals surface area (Å²) in [7, 11) is 1.32. The SMILES string of the molecule is COC(=O)c1cccc(Sc2ccc(Cl)c(Cl)c2)c1N. The number of methoxy groups -OCH3 is 1. The van der Waals surface area contributed by atoms with Gasteiger partial charge in [-0.25, -0.2) is 4.79 Å². The zero-order valence-corrected chi connectivity index (χ0v) is 12.9. The van der Waals surface area contributed by atoms with E-state index in [9.17, 15) is 4.79 Å². The second kappa shape index (κ2) is 6.39. The van der Waals surface area contributed by atoms with Crippen molar-refractivity contribution in [2.75, 3.05) is 12.8 Å². The minimum absolute atomic E-state index is 0.345. The molecule has 0 aliphatic rings. The van der Waals surface area contributed by atoms with Gasteiger partial charge in [-0.2, -0.15) is 0 Å². The number of para-hydroxylation sites is 1.